The summed E-state index contributed by atoms with van der Waals surface area (Å²) in [4.78, 5) is 15.3. The highest BCUT2D eigenvalue weighted by molar-refractivity contribution is 7.39. The molecule has 0 saturated heterocycles. The molecule has 0 saturated carbocycles. The molecular weight excluding hydrogens is 267 g/mol. The highest BCUT2D eigenvalue weighted by Gasteiger charge is 2.51. The molecule has 0 fully saturated rings. The maximum absolute atomic E-state index is 13.0. The van der Waals surface area contributed by atoms with E-state index in [0.717, 1.165) is 0 Å². The normalized spacial score (nSPS) is 12.8. The van der Waals surface area contributed by atoms with Crippen LogP contribution in [0.15, 0.2) is 24.3 Å². The summed E-state index contributed by atoms with van der Waals surface area (Å²) in [6, 6.07) is 5.86. The number of para-hydroxylation sites is 1. The Labute approximate surface area is 103 Å². The predicted molar refractivity (Wildman–Crippen MR) is 61.5 cm³/mol. The Balaban J connectivity index is 2.68. The van der Waals surface area contributed by atoms with Gasteiger partial charge in [0, 0.05) is 6.07 Å². The molecule has 18 heavy (non-hydrogen) atoms. The fraction of sp³-hybridized carbons (Fsp3) is 0.273. The topological polar surface area (TPSA) is 39.2 Å². The first-order chi connectivity index (χ1) is 8.45. The minimum atomic E-state index is -4.53. The predicted octanol–water partition coefficient (Wildman–Crippen LogP) is 3.64. The number of aromatic nitrogens is 1. The number of alkyl halides is 3. The van der Waals surface area contributed by atoms with Crippen LogP contribution in [0, 0.1) is 0 Å². The van der Waals surface area contributed by atoms with Crippen LogP contribution >= 0.6 is 10.5 Å². The fourth-order valence-corrected chi connectivity index (χ4v) is 3.17. The molecule has 3 nitrogen and oxygen atoms in total. The lowest BCUT2D eigenvalue weighted by atomic mass is 10.3. The number of carbonyl (C=O) groups is 1. The lowest BCUT2D eigenvalue weighted by Crippen LogP contribution is -2.08. The molecule has 0 N–H and O–H groups in total. The van der Waals surface area contributed by atoms with Crippen molar-refractivity contribution in [2.45, 2.75) is 12.4 Å². The number of halogens is 3. The number of ether oxygens (including phenoxy) is 1. The van der Waals surface area contributed by atoms with E-state index in [-0.39, 0.29) is 16.8 Å². The lowest BCUT2D eigenvalue weighted by molar-refractivity contribution is -0.0868. The molecular formula is C11H9F3NO2S+. The van der Waals surface area contributed by atoms with Crippen molar-refractivity contribution in [2.75, 3.05) is 6.61 Å². The Morgan fingerprint density at radius 1 is 1.39 bits per heavy atom. The van der Waals surface area contributed by atoms with E-state index in [4.69, 9.17) is 0 Å². The van der Waals surface area contributed by atoms with Gasteiger partial charge < -0.3 is 4.74 Å². The second kappa shape index (κ2) is 4.56. The molecule has 0 radical (unpaired) electrons. The van der Waals surface area contributed by atoms with Crippen LogP contribution in [0.3, 0.4) is 0 Å². The smallest absolute Gasteiger partial charge is 0.458 e. The number of esters is 1. The van der Waals surface area contributed by atoms with E-state index in [2.05, 4.69) is 9.72 Å². The number of rotatable bonds is 2. The largest absolute Gasteiger partial charge is 0.602 e. The number of thiazole rings is 1. The van der Waals surface area contributed by atoms with Crippen molar-refractivity contribution in [3.63, 3.8) is 0 Å². The third-order valence-corrected chi connectivity index (χ3v) is 4.07. The zero-order chi connectivity index (χ0) is 13.3. The van der Waals surface area contributed by atoms with Gasteiger partial charge >= 0.3 is 16.5 Å². The van der Waals surface area contributed by atoms with Gasteiger partial charge in [-0.1, -0.05) is 12.1 Å². The summed E-state index contributed by atoms with van der Waals surface area (Å²) >= 11 is 0. The van der Waals surface area contributed by atoms with Crippen LogP contribution in [-0.2, 0) is 10.2 Å². The maximum atomic E-state index is 13.0. The molecule has 1 heterocycles. The number of hydrogen-bond donors (Lipinski definition) is 0. The molecule has 0 amide bonds. The second-order valence-corrected chi connectivity index (χ2v) is 5.26. The first-order valence-corrected chi connectivity index (χ1v) is 6.33. The van der Waals surface area contributed by atoms with Crippen molar-refractivity contribution >= 4 is 26.7 Å². The van der Waals surface area contributed by atoms with E-state index in [1.165, 1.54) is 25.1 Å². The maximum Gasteiger partial charge on any atom is 0.602 e. The molecule has 0 aliphatic rings. The summed E-state index contributed by atoms with van der Waals surface area (Å²) in [5.41, 5.74) is -4.35. The van der Waals surface area contributed by atoms with Crippen molar-refractivity contribution < 1.29 is 22.7 Å². The fourth-order valence-electron chi connectivity index (χ4n) is 1.54. The zero-order valence-electron chi connectivity index (χ0n) is 9.32. The van der Waals surface area contributed by atoms with Crippen molar-refractivity contribution in [1.82, 2.24) is 4.98 Å². The van der Waals surface area contributed by atoms with Gasteiger partial charge in [0.05, 0.1) is 6.61 Å². The minimum absolute atomic E-state index is 0.0171. The van der Waals surface area contributed by atoms with Crippen molar-refractivity contribution in [3.8, 4) is 0 Å². The summed E-state index contributed by atoms with van der Waals surface area (Å²) in [5.74, 6) is -1.01. The molecule has 1 atom stereocenters. The minimum Gasteiger partial charge on any atom is -0.458 e. The van der Waals surface area contributed by atoms with Gasteiger partial charge in [0.15, 0.2) is 0 Å². The third-order valence-electron chi connectivity index (χ3n) is 2.18. The van der Waals surface area contributed by atoms with Gasteiger partial charge in [-0.15, -0.1) is 13.2 Å². The highest BCUT2D eigenvalue weighted by Crippen LogP contribution is 2.49. The Kier molecular flexibility index (Phi) is 3.25. The van der Waals surface area contributed by atoms with E-state index in [0.29, 0.717) is 0 Å². The summed E-state index contributed by atoms with van der Waals surface area (Å²) in [7, 11) is -2.31. The average Bonchev–Trinajstić information content (AvgIpc) is 2.68. The van der Waals surface area contributed by atoms with Crippen LogP contribution in [0.5, 0.6) is 0 Å². The summed E-state index contributed by atoms with van der Waals surface area (Å²) < 4.78 is 43.7. The van der Waals surface area contributed by atoms with Gasteiger partial charge in [-0.2, -0.15) is 4.98 Å². The van der Waals surface area contributed by atoms with Gasteiger partial charge in [-0.25, -0.2) is 4.79 Å². The van der Waals surface area contributed by atoms with E-state index in [9.17, 15) is 18.0 Å². The molecule has 2 aromatic rings. The number of nitrogens with zero attached hydrogens (tertiary/aromatic N) is 1. The first-order valence-electron chi connectivity index (χ1n) is 5.11. The summed E-state index contributed by atoms with van der Waals surface area (Å²) in [6.45, 7) is 1.55. The van der Waals surface area contributed by atoms with Gasteiger partial charge in [0.25, 0.3) is 0 Å². The van der Waals surface area contributed by atoms with E-state index < -0.39 is 27.0 Å². The number of benzene rings is 1. The molecule has 96 valence electrons. The van der Waals surface area contributed by atoms with Crippen LogP contribution in [0.1, 0.15) is 16.7 Å². The molecule has 0 spiro atoms. The van der Waals surface area contributed by atoms with Crippen LogP contribution in [0.4, 0.5) is 13.2 Å². The molecule has 0 aliphatic carbocycles. The molecule has 1 aromatic heterocycles. The second-order valence-electron chi connectivity index (χ2n) is 3.36. The quantitative estimate of drug-likeness (QED) is 0.621. The monoisotopic (exact) mass is 276 g/mol. The van der Waals surface area contributed by atoms with Crippen molar-refractivity contribution in [3.05, 3.63) is 29.3 Å². The Morgan fingerprint density at radius 2 is 2.06 bits per heavy atom. The number of carbonyl (C=O) groups excluding carboxylic acids is 1. The molecule has 1 unspecified atom stereocenters. The summed E-state index contributed by atoms with van der Waals surface area (Å²) in [6.07, 6.45) is 0. The number of hydrogen-bond acceptors (Lipinski definition) is 3. The van der Waals surface area contributed by atoms with Crippen LogP contribution in [0.25, 0.3) is 10.2 Å². The molecule has 7 heteroatoms. The van der Waals surface area contributed by atoms with Gasteiger partial charge in [0.1, 0.15) is 16.0 Å². The van der Waals surface area contributed by atoms with Crippen LogP contribution in [0.2, 0.25) is 0 Å². The molecule has 0 aliphatic heterocycles. The van der Waals surface area contributed by atoms with E-state index >= 15 is 0 Å². The van der Waals surface area contributed by atoms with Crippen molar-refractivity contribution in [2.24, 2.45) is 0 Å². The summed E-state index contributed by atoms with van der Waals surface area (Å²) in [5, 5.41) is -0.564. The van der Waals surface area contributed by atoms with Gasteiger partial charge in [0.2, 0.25) is 4.70 Å². The standard InChI is InChI=1S/C11H9F3NO2S/c1-2-17-10(16)9-15-7-5-3-4-6-8(7)18(9)11(12,13)14/h3-6H,2H2,1H3/q+1. The molecule has 1 aromatic carbocycles. The molecule has 2 rings (SSSR count). The Hall–Kier alpha value is -1.63. The Bertz CT molecular complexity index is 591. The van der Waals surface area contributed by atoms with E-state index in [1.54, 1.807) is 6.07 Å². The van der Waals surface area contributed by atoms with Gasteiger partial charge in [-0.3, -0.25) is 0 Å². The zero-order valence-corrected chi connectivity index (χ0v) is 10.1. The van der Waals surface area contributed by atoms with E-state index in [1.807, 2.05) is 0 Å². The SMILES string of the molecule is CCOC(=O)c1nc2ccccc2[s+]1C(F)(F)F. The van der Waals surface area contributed by atoms with Crippen LogP contribution in [-0.4, -0.2) is 17.6 Å². The Morgan fingerprint density at radius 3 is 2.67 bits per heavy atom. The number of fused-ring (bicyclic) bond motifs is 1. The van der Waals surface area contributed by atoms with Crippen LogP contribution < -0.4 is 0 Å². The average molecular weight is 276 g/mol. The first kappa shape index (κ1) is 12.8. The lowest BCUT2D eigenvalue weighted by Gasteiger charge is -1.98. The highest BCUT2D eigenvalue weighted by atomic mass is 32.2. The molecule has 0 bridgehead atoms. The van der Waals surface area contributed by atoms with Crippen molar-refractivity contribution in [1.29, 1.82) is 0 Å². The van der Waals surface area contributed by atoms with Gasteiger partial charge in [-0.05, 0) is 13.0 Å². The third kappa shape index (κ3) is 2.17.